The van der Waals surface area contributed by atoms with Gasteiger partial charge < -0.3 is 10.5 Å². The summed E-state index contributed by atoms with van der Waals surface area (Å²) in [6.07, 6.45) is 3.19. The van der Waals surface area contributed by atoms with E-state index in [9.17, 15) is 0 Å². The highest BCUT2D eigenvalue weighted by molar-refractivity contribution is 5.78. The van der Waals surface area contributed by atoms with E-state index < -0.39 is 0 Å². The zero-order valence-corrected chi connectivity index (χ0v) is 10.5. The normalized spacial score (nSPS) is 25.4. The van der Waals surface area contributed by atoms with Crippen molar-refractivity contribution < 1.29 is 4.74 Å². The molecule has 94 valence electrons. The van der Waals surface area contributed by atoms with Crippen molar-refractivity contribution in [1.82, 2.24) is 4.98 Å². The van der Waals surface area contributed by atoms with Crippen LogP contribution in [0.2, 0.25) is 0 Å². The lowest BCUT2D eigenvalue weighted by molar-refractivity contribution is 0.118. The third-order valence-electron chi connectivity index (χ3n) is 3.75. The minimum atomic E-state index is 0.0429. The van der Waals surface area contributed by atoms with Crippen LogP contribution in [0.4, 0.5) is 0 Å². The first-order chi connectivity index (χ1) is 8.74. The SMILES string of the molecule is CC1CC(C(N)c2ccc3cccnc3c2)CO1. The van der Waals surface area contributed by atoms with Crippen LogP contribution in [0.25, 0.3) is 10.9 Å². The average molecular weight is 242 g/mol. The smallest absolute Gasteiger partial charge is 0.0705 e. The molecule has 1 aliphatic heterocycles. The van der Waals surface area contributed by atoms with Crippen molar-refractivity contribution in [1.29, 1.82) is 0 Å². The van der Waals surface area contributed by atoms with Gasteiger partial charge in [-0.1, -0.05) is 18.2 Å². The highest BCUT2D eigenvalue weighted by Gasteiger charge is 2.28. The molecule has 3 heteroatoms. The largest absolute Gasteiger partial charge is 0.378 e. The van der Waals surface area contributed by atoms with Crippen molar-refractivity contribution in [2.75, 3.05) is 6.61 Å². The highest BCUT2D eigenvalue weighted by atomic mass is 16.5. The maximum absolute atomic E-state index is 6.35. The molecule has 2 heterocycles. The summed E-state index contributed by atoms with van der Waals surface area (Å²) >= 11 is 0. The van der Waals surface area contributed by atoms with Crippen molar-refractivity contribution in [3.05, 3.63) is 42.1 Å². The number of hydrogen-bond acceptors (Lipinski definition) is 3. The number of nitrogens with two attached hydrogens (primary N) is 1. The minimum Gasteiger partial charge on any atom is -0.378 e. The van der Waals surface area contributed by atoms with Crippen molar-refractivity contribution in [2.24, 2.45) is 11.7 Å². The molecule has 0 bridgehead atoms. The third-order valence-corrected chi connectivity index (χ3v) is 3.75. The van der Waals surface area contributed by atoms with Gasteiger partial charge in [-0.2, -0.15) is 0 Å². The molecule has 3 rings (SSSR count). The summed E-state index contributed by atoms with van der Waals surface area (Å²) < 4.78 is 5.60. The number of pyridine rings is 1. The van der Waals surface area contributed by atoms with Gasteiger partial charge >= 0.3 is 0 Å². The van der Waals surface area contributed by atoms with E-state index in [1.165, 1.54) is 0 Å². The summed E-state index contributed by atoms with van der Waals surface area (Å²) in [7, 11) is 0. The molecule has 3 atom stereocenters. The molecule has 0 amide bonds. The van der Waals surface area contributed by atoms with E-state index in [1.807, 2.05) is 12.3 Å². The van der Waals surface area contributed by atoms with Gasteiger partial charge in [-0.05, 0) is 31.0 Å². The third kappa shape index (κ3) is 2.11. The van der Waals surface area contributed by atoms with E-state index in [-0.39, 0.29) is 6.04 Å². The van der Waals surface area contributed by atoms with Gasteiger partial charge in [-0.3, -0.25) is 4.98 Å². The Labute approximate surface area is 107 Å². The monoisotopic (exact) mass is 242 g/mol. The van der Waals surface area contributed by atoms with Crippen LogP contribution in [0.3, 0.4) is 0 Å². The van der Waals surface area contributed by atoms with Crippen LogP contribution in [0.15, 0.2) is 36.5 Å². The van der Waals surface area contributed by atoms with Gasteiger partial charge in [0.2, 0.25) is 0 Å². The van der Waals surface area contributed by atoms with Crippen LogP contribution in [-0.4, -0.2) is 17.7 Å². The molecule has 18 heavy (non-hydrogen) atoms. The van der Waals surface area contributed by atoms with Gasteiger partial charge in [-0.25, -0.2) is 0 Å². The van der Waals surface area contributed by atoms with Crippen molar-refractivity contribution in [2.45, 2.75) is 25.5 Å². The Morgan fingerprint density at radius 3 is 3.06 bits per heavy atom. The van der Waals surface area contributed by atoms with Crippen LogP contribution < -0.4 is 5.73 Å². The number of hydrogen-bond donors (Lipinski definition) is 1. The van der Waals surface area contributed by atoms with Crippen molar-refractivity contribution >= 4 is 10.9 Å². The van der Waals surface area contributed by atoms with Crippen LogP contribution >= 0.6 is 0 Å². The molecule has 1 saturated heterocycles. The van der Waals surface area contributed by atoms with Gasteiger partial charge in [0.25, 0.3) is 0 Å². The summed E-state index contributed by atoms with van der Waals surface area (Å²) in [5.74, 6) is 0.418. The van der Waals surface area contributed by atoms with E-state index in [2.05, 4.69) is 36.2 Å². The molecule has 0 radical (unpaired) electrons. The summed E-state index contributed by atoms with van der Waals surface area (Å²) in [5.41, 5.74) is 8.51. The van der Waals surface area contributed by atoms with Crippen molar-refractivity contribution in [3.63, 3.8) is 0 Å². The molecule has 2 N–H and O–H groups in total. The zero-order valence-electron chi connectivity index (χ0n) is 10.5. The number of fused-ring (bicyclic) bond motifs is 1. The maximum Gasteiger partial charge on any atom is 0.0705 e. The number of rotatable bonds is 2. The molecule has 0 aliphatic carbocycles. The van der Waals surface area contributed by atoms with Crippen LogP contribution in [0.1, 0.15) is 24.9 Å². The average Bonchev–Trinajstić information content (AvgIpc) is 2.84. The summed E-state index contributed by atoms with van der Waals surface area (Å²) in [6, 6.07) is 10.4. The molecule has 1 fully saturated rings. The lowest BCUT2D eigenvalue weighted by atomic mass is 9.91. The quantitative estimate of drug-likeness (QED) is 0.880. The molecule has 2 aromatic rings. The predicted molar refractivity (Wildman–Crippen MR) is 72.2 cm³/mol. The number of benzene rings is 1. The van der Waals surface area contributed by atoms with Crippen LogP contribution in [0.5, 0.6) is 0 Å². The van der Waals surface area contributed by atoms with Gasteiger partial charge in [0.05, 0.1) is 18.2 Å². The number of aromatic nitrogens is 1. The standard InChI is InChI=1S/C15H18N2O/c1-10-7-13(9-18-10)15(16)12-5-4-11-3-2-6-17-14(11)8-12/h2-6,8,10,13,15H,7,9,16H2,1H3. The first-order valence-electron chi connectivity index (χ1n) is 6.46. The van der Waals surface area contributed by atoms with Gasteiger partial charge in [0, 0.05) is 23.5 Å². The Kier molecular flexibility index (Phi) is 3.02. The van der Waals surface area contributed by atoms with Gasteiger partial charge in [0.15, 0.2) is 0 Å². The molecule has 3 unspecified atom stereocenters. The van der Waals surface area contributed by atoms with E-state index >= 15 is 0 Å². The Morgan fingerprint density at radius 2 is 2.28 bits per heavy atom. The predicted octanol–water partition coefficient (Wildman–Crippen LogP) is 2.66. The number of nitrogens with zero attached hydrogens (tertiary/aromatic N) is 1. The summed E-state index contributed by atoms with van der Waals surface area (Å²) in [5, 5.41) is 1.16. The van der Waals surface area contributed by atoms with Crippen LogP contribution in [0, 0.1) is 5.92 Å². The van der Waals surface area contributed by atoms with E-state index in [0.29, 0.717) is 12.0 Å². The molecule has 1 aliphatic rings. The first-order valence-corrected chi connectivity index (χ1v) is 6.46. The van der Waals surface area contributed by atoms with Crippen molar-refractivity contribution in [3.8, 4) is 0 Å². The molecule has 1 aromatic carbocycles. The molecular formula is C15H18N2O. The summed E-state index contributed by atoms with van der Waals surface area (Å²) in [6.45, 7) is 2.87. The Morgan fingerprint density at radius 1 is 1.39 bits per heavy atom. The molecular weight excluding hydrogens is 224 g/mol. The number of ether oxygens (including phenoxy) is 1. The zero-order chi connectivity index (χ0) is 12.5. The molecule has 0 spiro atoms. The molecule has 0 saturated carbocycles. The van der Waals surface area contributed by atoms with Gasteiger partial charge in [0.1, 0.15) is 0 Å². The lowest BCUT2D eigenvalue weighted by Crippen LogP contribution is -2.21. The second kappa shape index (κ2) is 4.67. The lowest BCUT2D eigenvalue weighted by Gasteiger charge is -2.18. The Hall–Kier alpha value is -1.45. The van der Waals surface area contributed by atoms with E-state index in [4.69, 9.17) is 10.5 Å². The second-order valence-corrected chi connectivity index (χ2v) is 5.12. The fourth-order valence-corrected chi connectivity index (χ4v) is 2.66. The first kappa shape index (κ1) is 11.6. The Balaban J connectivity index is 1.89. The van der Waals surface area contributed by atoms with Crippen LogP contribution in [-0.2, 0) is 4.74 Å². The Bertz CT molecular complexity index is 555. The molecule has 3 nitrogen and oxygen atoms in total. The highest BCUT2D eigenvalue weighted by Crippen LogP contribution is 2.30. The fourth-order valence-electron chi connectivity index (χ4n) is 2.66. The molecule has 1 aromatic heterocycles. The topological polar surface area (TPSA) is 48.1 Å². The minimum absolute atomic E-state index is 0.0429. The van der Waals surface area contributed by atoms with E-state index in [1.54, 1.807) is 0 Å². The fraction of sp³-hybridized carbons (Fsp3) is 0.400. The van der Waals surface area contributed by atoms with E-state index in [0.717, 1.165) is 29.5 Å². The maximum atomic E-state index is 6.35. The summed E-state index contributed by atoms with van der Waals surface area (Å²) in [4.78, 5) is 4.38. The second-order valence-electron chi connectivity index (χ2n) is 5.12. The van der Waals surface area contributed by atoms with Gasteiger partial charge in [-0.15, -0.1) is 0 Å².